The molecule has 2 aliphatic rings. The highest BCUT2D eigenvalue weighted by atomic mass is 32.2. The topological polar surface area (TPSA) is 95.8 Å². The lowest BCUT2D eigenvalue weighted by Gasteiger charge is -2.31. The van der Waals surface area contributed by atoms with Crippen molar-refractivity contribution in [1.82, 2.24) is 4.31 Å². The van der Waals surface area contributed by atoms with Gasteiger partial charge in [0, 0.05) is 50.5 Å². The summed E-state index contributed by atoms with van der Waals surface area (Å²) in [6.45, 7) is 3.12. The molecule has 30 heavy (non-hydrogen) atoms. The van der Waals surface area contributed by atoms with E-state index in [1.807, 2.05) is 12.1 Å². The van der Waals surface area contributed by atoms with Gasteiger partial charge in [-0.05, 0) is 43.4 Å². The van der Waals surface area contributed by atoms with Crippen molar-refractivity contribution in [2.45, 2.75) is 30.6 Å². The summed E-state index contributed by atoms with van der Waals surface area (Å²) in [5, 5.41) is 14.4. The summed E-state index contributed by atoms with van der Waals surface area (Å²) >= 11 is 0. The highest BCUT2D eigenvalue weighted by Gasteiger charge is 2.31. The van der Waals surface area contributed by atoms with Gasteiger partial charge < -0.3 is 10.2 Å². The second-order valence-corrected chi connectivity index (χ2v) is 9.60. The first-order chi connectivity index (χ1) is 14.5. The quantitative estimate of drug-likeness (QED) is 0.535. The van der Waals surface area contributed by atoms with Gasteiger partial charge in [0.25, 0.3) is 5.69 Å². The fourth-order valence-electron chi connectivity index (χ4n) is 4.22. The number of para-hydroxylation sites is 1. The fourth-order valence-corrected chi connectivity index (χ4v) is 5.93. The van der Waals surface area contributed by atoms with Crippen molar-refractivity contribution in [3.63, 3.8) is 0 Å². The number of sulfonamides is 1. The summed E-state index contributed by atoms with van der Waals surface area (Å²) in [5.74, 6) is 0. The zero-order valence-corrected chi connectivity index (χ0v) is 17.6. The van der Waals surface area contributed by atoms with Crippen molar-refractivity contribution in [2.24, 2.45) is 0 Å². The number of benzene rings is 2. The third-order valence-corrected chi connectivity index (χ3v) is 7.70. The number of fused-ring (bicyclic) bond motifs is 1. The van der Waals surface area contributed by atoms with Crippen molar-refractivity contribution in [1.29, 1.82) is 0 Å². The van der Waals surface area contributed by atoms with Crippen LogP contribution in [0.4, 0.5) is 17.1 Å². The van der Waals surface area contributed by atoms with Gasteiger partial charge in [0.15, 0.2) is 0 Å². The minimum Gasteiger partial charge on any atom is -0.382 e. The van der Waals surface area contributed by atoms with Gasteiger partial charge in [0.2, 0.25) is 10.0 Å². The van der Waals surface area contributed by atoms with Gasteiger partial charge in [-0.1, -0.05) is 18.2 Å². The Morgan fingerprint density at radius 3 is 2.57 bits per heavy atom. The molecule has 0 bridgehead atoms. The molecule has 2 aromatic rings. The van der Waals surface area contributed by atoms with Gasteiger partial charge >= 0.3 is 0 Å². The molecule has 1 N–H and O–H groups in total. The Labute approximate surface area is 176 Å². The average molecular weight is 431 g/mol. The lowest BCUT2D eigenvalue weighted by molar-refractivity contribution is -0.385. The maximum absolute atomic E-state index is 13.1. The van der Waals surface area contributed by atoms with Crippen LogP contribution in [0.15, 0.2) is 47.4 Å². The Morgan fingerprint density at radius 2 is 1.80 bits per heavy atom. The van der Waals surface area contributed by atoms with Gasteiger partial charge in [-0.2, -0.15) is 4.31 Å². The number of rotatable bonds is 7. The molecule has 0 aromatic heterocycles. The van der Waals surface area contributed by atoms with Crippen molar-refractivity contribution < 1.29 is 13.3 Å². The third-order valence-electron chi connectivity index (χ3n) is 5.76. The van der Waals surface area contributed by atoms with E-state index in [4.69, 9.17) is 0 Å². The van der Waals surface area contributed by atoms with Crippen molar-refractivity contribution >= 4 is 27.1 Å². The van der Waals surface area contributed by atoms with Gasteiger partial charge in [0.1, 0.15) is 4.90 Å². The standard InChI is InChI=1S/C21H26N4O4S/c26-25(27)18-9-10-19(21(16-18)30(28,29)24-13-3-4-14-24)22-11-15-23-12-5-7-17-6-1-2-8-20(17)23/h1-2,6,8-10,16,22H,3-5,7,11-15H2. The summed E-state index contributed by atoms with van der Waals surface area (Å²) in [7, 11) is -3.78. The largest absolute Gasteiger partial charge is 0.382 e. The SMILES string of the molecule is O=[N+]([O-])c1ccc(NCCN2CCCc3ccccc32)c(S(=O)(=O)N2CCCC2)c1. The second-order valence-electron chi connectivity index (χ2n) is 7.69. The summed E-state index contributed by atoms with van der Waals surface area (Å²) in [6.07, 6.45) is 3.78. The molecule has 1 fully saturated rings. The first kappa shape index (κ1) is 20.6. The first-order valence-electron chi connectivity index (χ1n) is 10.3. The molecule has 160 valence electrons. The van der Waals surface area contributed by atoms with Crippen molar-refractivity contribution in [2.75, 3.05) is 42.9 Å². The van der Waals surface area contributed by atoms with Crippen LogP contribution in [0, 0.1) is 10.1 Å². The minimum atomic E-state index is -3.78. The Balaban J connectivity index is 1.54. The molecule has 0 unspecified atom stereocenters. The normalized spacial score (nSPS) is 17.0. The number of nitro groups is 1. The zero-order chi connectivity index (χ0) is 21.1. The number of hydrogen-bond donors (Lipinski definition) is 1. The van der Waals surface area contributed by atoms with Gasteiger partial charge in [-0.15, -0.1) is 0 Å². The van der Waals surface area contributed by atoms with Crippen LogP contribution in [0.1, 0.15) is 24.8 Å². The van der Waals surface area contributed by atoms with Crippen LogP contribution in [0.5, 0.6) is 0 Å². The lowest BCUT2D eigenvalue weighted by atomic mass is 10.0. The third kappa shape index (κ3) is 4.13. The maximum atomic E-state index is 13.1. The minimum absolute atomic E-state index is 0.0161. The van der Waals surface area contributed by atoms with Crippen LogP contribution < -0.4 is 10.2 Å². The van der Waals surface area contributed by atoms with Crippen LogP contribution in [0.25, 0.3) is 0 Å². The van der Waals surface area contributed by atoms with E-state index in [1.165, 1.54) is 33.8 Å². The van der Waals surface area contributed by atoms with Crippen LogP contribution in [-0.2, 0) is 16.4 Å². The molecule has 0 radical (unpaired) electrons. The molecule has 0 amide bonds. The molecule has 4 rings (SSSR count). The average Bonchev–Trinajstić information content (AvgIpc) is 3.30. The molecule has 0 saturated carbocycles. The molecular formula is C21H26N4O4S. The number of nitrogens with zero attached hydrogens (tertiary/aromatic N) is 3. The molecular weight excluding hydrogens is 404 g/mol. The molecule has 0 atom stereocenters. The molecule has 1 saturated heterocycles. The highest BCUT2D eigenvalue weighted by Crippen LogP contribution is 2.31. The summed E-state index contributed by atoms with van der Waals surface area (Å²) in [5.41, 5.74) is 2.75. The van der Waals surface area contributed by atoms with E-state index in [0.717, 1.165) is 38.8 Å². The first-order valence-corrected chi connectivity index (χ1v) is 11.8. The molecule has 8 nitrogen and oxygen atoms in total. The van der Waals surface area contributed by atoms with Crippen molar-refractivity contribution in [3.05, 3.63) is 58.1 Å². The highest BCUT2D eigenvalue weighted by molar-refractivity contribution is 7.89. The Hall–Kier alpha value is -2.65. The summed E-state index contributed by atoms with van der Waals surface area (Å²) < 4.78 is 27.6. The number of nitro benzene ring substituents is 1. The predicted molar refractivity (Wildman–Crippen MR) is 117 cm³/mol. The molecule has 2 aliphatic heterocycles. The predicted octanol–water partition coefficient (Wildman–Crippen LogP) is 3.24. The summed E-state index contributed by atoms with van der Waals surface area (Å²) in [4.78, 5) is 12.9. The molecule has 2 aromatic carbocycles. The Morgan fingerprint density at radius 1 is 1.03 bits per heavy atom. The number of anilines is 2. The van der Waals surface area contributed by atoms with Crippen LogP contribution in [-0.4, -0.2) is 50.4 Å². The lowest BCUT2D eigenvalue weighted by Crippen LogP contribution is -2.34. The van der Waals surface area contributed by atoms with Gasteiger partial charge in [0.05, 0.1) is 10.6 Å². The van der Waals surface area contributed by atoms with E-state index >= 15 is 0 Å². The molecule has 9 heteroatoms. The fraction of sp³-hybridized carbons (Fsp3) is 0.429. The van der Waals surface area contributed by atoms with E-state index in [0.29, 0.717) is 25.3 Å². The molecule has 0 spiro atoms. The van der Waals surface area contributed by atoms with Crippen LogP contribution >= 0.6 is 0 Å². The number of non-ortho nitro benzene ring substituents is 1. The molecule has 2 heterocycles. The summed E-state index contributed by atoms with van der Waals surface area (Å²) in [6, 6.07) is 12.4. The Bertz CT molecular complexity index is 1040. The van der Waals surface area contributed by atoms with E-state index in [2.05, 4.69) is 22.3 Å². The second kappa shape index (κ2) is 8.61. The monoisotopic (exact) mass is 430 g/mol. The number of aryl methyl sites for hydroxylation is 1. The van der Waals surface area contributed by atoms with E-state index in [-0.39, 0.29) is 10.6 Å². The zero-order valence-electron chi connectivity index (χ0n) is 16.8. The van der Waals surface area contributed by atoms with Crippen LogP contribution in [0.2, 0.25) is 0 Å². The molecule has 0 aliphatic carbocycles. The van der Waals surface area contributed by atoms with E-state index in [1.54, 1.807) is 0 Å². The Kier molecular flexibility index (Phi) is 5.92. The van der Waals surface area contributed by atoms with Gasteiger partial charge in [-0.3, -0.25) is 10.1 Å². The maximum Gasteiger partial charge on any atom is 0.270 e. The smallest absolute Gasteiger partial charge is 0.270 e. The number of hydrogen-bond acceptors (Lipinski definition) is 6. The van der Waals surface area contributed by atoms with Crippen LogP contribution in [0.3, 0.4) is 0 Å². The van der Waals surface area contributed by atoms with E-state index in [9.17, 15) is 18.5 Å². The van der Waals surface area contributed by atoms with E-state index < -0.39 is 14.9 Å². The van der Waals surface area contributed by atoms with Crippen molar-refractivity contribution in [3.8, 4) is 0 Å². The number of nitrogens with one attached hydrogen (secondary N) is 1. The van der Waals surface area contributed by atoms with Gasteiger partial charge in [-0.25, -0.2) is 8.42 Å².